The van der Waals surface area contributed by atoms with E-state index in [0.29, 0.717) is 52.4 Å². The van der Waals surface area contributed by atoms with Crippen LogP contribution >= 0.6 is 11.6 Å². The van der Waals surface area contributed by atoms with Crippen LogP contribution in [0.4, 0.5) is 5.69 Å². The molecule has 1 aliphatic heterocycles. The summed E-state index contributed by atoms with van der Waals surface area (Å²) in [5.74, 6) is 1.15. The van der Waals surface area contributed by atoms with Gasteiger partial charge >= 0.3 is 0 Å². The van der Waals surface area contributed by atoms with Crippen molar-refractivity contribution in [2.45, 2.75) is 45.6 Å². The number of piperidine rings is 1. The lowest BCUT2D eigenvalue weighted by Gasteiger charge is -2.32. The first-order valence-electron chi connectivity index (χ1n) is 11.9. The van der Waals surface area contributed by atoms with Crippen molar-refractivity contribution in [3.63, 3.8) is 0 Å². The molecule has 1 aromatic carbocycles. The summed E-state index contributed by atoms with van der Waals surface area (Å²) in [6, 6.07) is 4.92. The van der Waals surface area contributed by atoms with Crippen molar-refractivity contribution < 1.29 is 14.3 Å². The number of carbonyl (C=O) groups excluding carboxylic acids is 1. The average Bonchev–Trinajstić information content (AvgIpc) is 3.27. The van der Waals surface area contributed by atoms with Gasteiger partial charge in [0.15, 0.2) is 11.7 Å². The number of aryl methyl sites for hydroxylation is 1. The van der Waals surface area contributed by atoms with E-state index in [1.807, 2.05) is 11.8 Å². The monoisotopic (exact) mass is 510 g/mol. The van der Waals surface area contributed by atoms with Crippen molar-refractivity contribution in [1.29, 1.82) is 5.41 Å². The van der Waals surface area contributed by atoms with E-state index in [2.05, 4.69) is 20.3 Å². The Balaban J connectivity index is 1.54. The van der Waals surface area contributed by atoms with E-state index >= 15 is 0 Å². The van der Waals surface area contributed by atoms with Crippen molar-refractivity contribution in [2.75, 3.05) is 25.5 Å². The van der Waals surface area contributed by atoms with E-state index in [1.54, 1.807) is 45.4 Å². The van der Waals surface area contributed by atoms with Crippen LogP contribution in [0.3, 0.4) is 0 Å². The number of benzene rings is 1. The van der Waals surface area contributed by atoms with Crippen LogP contribution in [-0.2, 0) is 12.0 Å². The largest absolute Gasteiger partial charge is 0.449 e. The number of nitrogens with zero attached hydrogens (tertiary/aromatic N) is 4. The number of oxazole rings is 1. The first-order chi connectivity index (χ1) is 17.1. The fourth-order valence-electron chi connectivity index (χ4n) is 4.39. The fourth-order valence-corrected chi connectivity index (χ4v) is 4.63. The number of anilines is 1. The minimum absolute atomic E-state index is 0.0968. The highest BCUT2D eigenvalue weighted by molar-refractivity contribution is 6.34. The minimum Gasteiger partial charge on any atom is -0.449 e. The van der Waals surface area contributed by atoms with Gasteiger partial charge in [0.1, 0.15) is 11.9 Å². The molecule has 0 unspecified atom stereocenters. The Labute approximate surface area is 215 Å². The first kappa shape index (κ1) is 25.8. The van der Waals surface area contributed by atoms with E-state index in [4.69, 9.17) is 21.4 Å². The van der Waals surface area contributed by atoms with E-state index in [-0.39, 0.29) is 17.4 Å². The molecule has 0 bridgehead atoms. The second-order valence-corrected chi connectivity index (χ2v) is 10.0. The topological polar surface area (TPSA) is 128 Å². The Kier molecular flexibility index (Phi) is 7.42. The molecule has 0 saturated carbocycles. The standard InChI is InChI=1S/C26H31ClN6O3/c1-15-31-17(14-36-15)11-16-6-9-33(10-7-16)24(34)18-12-19(22(29-4)13-20(18)27)23(28)21-5-8-30-25(32-21)26(2,3)35/h5,8,12-14,16,28-29,35H,6-7,9-11H2,1-4H3. The summed E-state index contributed by atoms with van der Waals surface area (Å²) in [5.41, 5.74) is 1.57. The Morgan fingerprint density at radius 1 is 1.28 bits per heavy atom. The normalized spacial score (nSPS) is 14.7. The van der Waals surface area contributed by atoms with Crippen LogP contribution < -0.4 is 5.32 Å². The van der Waals surface area contributed by atoms with Gasteiger partial charge in [-0.25, -0.2) is 15.0 Å². The van der Waals surface area contributed by atoms with Gasteiger partial charge in [-0.05, 0) is 57.2 Å². The predicted octanol–water partition coefficient (Wildman–Crippen LogP) is 4.21. The van der Waals surface area contributed by atoms with Crippen molar-refractivity contribution >= 4 is 28.9 Å². The van der Waals surface area contributed by atoms with Crippen LogP contribution in [0.25, 0.3) is 0 Å². The molecule has 1 fully saturated rings. The third-order valence-electron chi connectivity index (χ3n) is 6.40. The second-order valence-electron chi connectivity index (χ2n) is 9.62. The lowest BCUT2D eigenvalue weighted by atomic mass is 9.92. The van der Waals surface area contributed by atoms with Gasteiger partial charge in [0.2, 0.25) is 0 Å². The maximum Gasteiger partial charge on any atom is 0.255 e. The number of nitrogens with one attached hydrogen (secondary N) is 2. The highest BCUT2D eigenvalue weighted by atomic mass is 35.5. The van der Waals surface area contributed by atoms with Crippen LogP contribution in [0.2, 0.25) is 5.02 Å². The lowest BCUT2D eigenvalue weighted by molar-refractivity contribution is 0.0682. The highest BCUT2D eigenvalue weighted by Gasteiger charge is 2.27. The molecule has 2 aromatic heterocycles. The van der Waals surface area contributed by atoms with Crippen LogP contribution in [0.15, 0.2) is 35.1 Å². The Bertz CT molecular complexity index is 1270. The Hall–Kier alpha value is -3.30. The molecule has 3 aromatic rings. The van der Waals surface area contributed by atoms with Gasteiger partial charge < -0.3 is 19.7 Å². The molecule has 0 atom stereocenters. The van der Waals surface area contributed by atoms with Crippen molar-refractivity contribution in [2.24, 2.45) is 5.92 Å². The molecule has 10 heteroatoms. The van der Waals surface area contributed by atoms with Crippen LogP contribution in [0.5, 0.6) is 0 Å². The number of likely N-dealkylation sites (tertiary alicyclic amines) is 1. The predicted molar refractivity (Wildman–Crippen MR) is 138 cm³/mol. The molecule has 1 aliphatic rings. The van der Waals surface area contributed by atoms with Crippen LogP contribution in [-0.4, -0.2) is 56.7 Å². The molecule has 3 N–H and O–H groups in total. The molecule has 3 heterocycles. The van der Waals surface area contributed by atoms with Crippen molar-refractivity contribution in [1.82, 2.24) is 19.9 Å². The SMILES string of the molecule is CNc1cc(Cl)c(C(=O)N2CCC(Cc3coc(C)n3)CC2)cc1C(=N)c1ccnc(C(C)(C)O)n1. The molecule has 1 amide bonds. The summed E-state index contributed by atoms with van der Waals surface area (Å²) in [6.45, 7) is 6.25. The number of aliphatic hydroxyl groups is 1. The minimum atomic E-state index is -1.25. The van der Waals surface area contributed by atoms with Gasteiger partial charge in [-0.1, -0.05) is 11.6 Å². The van der Waals surface area contributed by atoms with Crippen LogP contribution in [0, 0.1) is 18.3 Å². The van der Waals surface area contributed by atoms with E-state index in [9.17, 15) is 9.90 Å². The van der Waals surface area contributed by atoms with E-state index in [1.165, 1.54) is 6.20 Å². The van der Waals surface area contributed by atoms with Crippen molar-refractivity contribution in [3.05, 3.63) is 69.9 Å². The van der Waals surface area contributed by atoms with Gasteiger partial charge in [-0.2, -0.15) is 0 Å². The Morgan fingerprint density at radius 3 is 2.61 bits per heavy atom. The first-order valence-corrected chi connectivity index (χ1v) is 12.3. The van der Waals surface area contributed by atoms with Gasteiger partial charge in [-0.3, -0.25) is 10.2 Å². The number of amides is 1. The van der Waals surface area contributed by atoms with Gasteiger partial charge in [-0.15, -0.1) is 0 Å². The molecule has 0 radical (unpaired) electrons. The number of hydrogen-bond donors (Lipinski definition) is 3. The number of aromatic nitrogens is 3. The number of rotatable bonds is 7. The maximum atomic E-state index is 13.4. The second kappa shape index (κ2) is 10.4. The molecule has 0 spiro atoms. The summed E-state index contributed by atoms with van der Waals surface area (Å²) in [4.78, 5) is 28.1. The van der Waals surface area contributed by atoms with E-state index < -0.39 is 5.60 Å². The summed E-state index contributed by atoms with van der Waals surface area (Å²) in [7, 11) is 1.73. The third-order valence-corrected chi connectivity index (χ3v) is 6.71. The third kappa shape index (κ3) is 5.57. The molecule has 190 valence electrons. The van der Waals surface area contributed by atoms with Gasteiger partial charge in [0.25, 0.3) is 5.91 Å². The zero-order chi connectivity index (χ0) is 26.0. The quantitative estimate of drug-likeness (QED) is 0.406. The summed E-state index contributed by atoms with van der Waals surface area (Å²) in [6.07, 6.45) is 5.79. The molecule has 36 heavy (non-hydrogen) atoms. The number of halogens is 1. The van der Waals surface area contributed by atoms with Gasteiger partial charge in [0.05, 0.1) is 27.7 Å². The summed E-state index contributed by atoms with van der Waals surface area (Å²) >= 11 is 6.53. The molecule has 9 nitrogen and oxygen atoms in total. The van der Waals surface area contributed by atoms with Gasteiger partial charge in [0, 0.05) is 44.5 Å². The van der Waals surface area contributed by atoms with Crippen molar-refractivity contribution in [3.8, 4) is 0 Å². The smallest absolute Gasteiger partial charge is 0.255 e. The Morgan fingerprint density at radius 2 is 2.00 bits per heavy atom. The molecule has 1 saturated heterocycles. The number of hydrogen-bond acceptors (Lipinski definition) is 8. The zero-order valence-corrected chi connectivity index (χ0v) is 21.7. The lowest BCUT2D eigenvalue weighted by Crippen LogP contribution is -2.39. The molecule has 4 rings (SSSR count). The number of carbonyl (C=O) groups is 1. The average molecular weight is 511 g/mol. The molecule has 0 aliphatic carbocycles. The fraction of sp³-hybridized carbons (Fsp3) is 0.423. The zero-order valence-electron chi connectivity index (χ0n) is 20.9. The van der Waals surface area contributed by atoms with E-state index in [0.717, 1.165) is 25.0 Å². The summed E-state index contributed by atoms with van der Waals surface area (Å²) < 4.78 is 5.31. The molecular weight excluding hydrogens is 480 g/mol. The summed E-state index contributed by atoms with van der Waals surface area (Å²) in [5, 5.41) is 22.5. The molecular formula is C26H31ClN6O3. The van der Waals surface area contributed by atoms with Crippen LogP contribution in [0.1, 0.15) is 65.7 Å². The maximum absolute atomic E-state index is 13.4. The highest BCUT2D eigenvalue weighted by Crippen LogP contribution is 2.30.